The summed E-state index contributed by atoms with van der Waals surface area (Å²) in [4.78, 5) is 0. The zero-order valence-corrected chi connectivity index (χ0v) is 21.7. The molecule has 33 heavy (non-hydrogen) atoms. The highest BCUT2D eigenvalue weighted by atomic mass is 16.5. The van der Waals surface area contributed by atoms with Gasteiger partial charge in [0.1, 0.15) is 5.75 Å². The molecular weight excluding hydrogens is 408 g/mol. The molecule has 0 radical (unpaired) electrons. The fourth-order valence-electron chi connectivity index (χ4n) is 7.66. The summed E-state index contributed by atoms with van der Waals surface area (Å²) in [6.07, 6.45) is 14.1. The van der Waals surface area contributed by atoms with Gasteiger partial charge in [-0.05, 0) is 110 Å². The summed E-state index contributed by atoms with van der Waals surface area (Å²) in [6.45, 7) is 9.72. The standard InChI is InChI=1S/C30H48O3/c1-5-7-18-32-24-12-14-25-22(20-24)11-13-26-27-15-16-28(33-19-8-6-2)30(27,3)21-23(29(25)26)10-9-17-31-4/h12,14,20,23,26-29H,5-11,13,15-19,21H2,1-4H3/t23-,26?,27?,28?,29?,30?/m0/s1. The average Bonchev–Trinajstić information content (AvgIpc) is 3.15. The van der Waals surface area contributed by atoms with E-state index in [-0.39, 0.29) is 0 Å². The van der Waals surface area contributed by atoms with E-state index in [0.29, 0.717) is 17.4 Å². The lowest BCUT2D eigenvalue weighted by atomic mass is 9.51. The molecule has 3 nitrogen and oxygen atoms in total. The minimum atomic E-state index is 0.341. The third kappa shape index (κ3) is 5.30. The van der Waals surface area contributed by atoms with Gasteiger partial charge in [-0.1, -0.05) is 39.7 Å². The highest BCUT2D eigenvalue weighted by Gasteiger charge is 2.57. The van der Waals surface area contributed by atoms with Crippen LogP contribution >= 0.6 is 0 Å². The Balaban J connectivity index is 1.57. The fraction of sp³-hybridized carbons (Fsp3) is 0.800. The van der Waals surface area contributed by atoms with E-state index < -0.39 is 0 Å². The molecule has 0 aromatic heterocycles. The third-order valence-corrected chi connectivity index (χ3v) is 9.24. The molecule has 2 fully saturated rings. The van der Waals surface area contributed by atoms with Crippen LogP contribution < -0.4 is 4.74 Å². The zero-order valence-electron chi connectivity index (χ0n) is 21.7. The molecule has 5 unspecified atom stereocenters. The summed E-state index contributed by atoms with van der Waals surface area (Å²) < 4.78 is 18.1. The molecule has 0 amide bonds. The molecule has 0 aliphatic heterocycles. The van der Waals surface area contributed by atoms with E-state index in [1.165, 1.54) is 64.2 Å². The van der Waals surface area contributed by atoms with Gasteiger partial charge >= 0.3 is 0 Å². The van der Waals surface area contributed by atoms with E-state index in [0.717, 1.165) is 49.7 Å². The molecule has 2 saturated carbocycles. The normalized spacial score (nSPS) is 32.8. The molecule has 1 aromatic rings. The molecule has 0 N–H and O–H groups in total. The highest BCUT2D eigenvalue weighted by Crippen LogP contribution is 2.64. The van der Waals surface area contributed by atoms with Crippen molar-refractivity contribution in [1.82, 2.24) is 0 Å². The van der Waals surface area contributed by atoms with Crippen molar-refractivity contribution in [3.05, 3.63) is 29.3 Å². The number of hydrogen-bond donors (Lipinski definition) is 0. The van der Waals surface area contributed by atoms with Gasteiger partial charge in [-0.15, -0.1) is 0 Å². The van der Waals surface area contributed by atoms with E-state index in [9.17, 15) is 0 Å². The number of methoxy groups -OCH3 is 1. The maximum atomic E-state index is 6.56. The predicted molar refractivity (Wildman–Crippen MR) is 136 cm³/mol. The Morgan fingerprint density at radius 2 is 1.79 bits per heavy atom. The number of ether oxygens (including phenoxy) is 3. The van der Waals surface area contributed by atoms with Gasteiger partial charge in [0, 0.05) is 20.3 Å². The number of benzene rings is 1. The first-order valence-electron chi connectivity index (χ1n) is 14.0. The first-order valence-corrected chi connectivity index (χ1v) is 14.0. The minimum Gasteiger partial charge on any atom is -0.494 e. The molecule has 0 spiro atoms. The smallest absolute Gasteiger partial charge is 0.119 e. The maximum absolute atomic E-state index is 6.56. The highest BCUT2D eigenvalue weighted by molar-refractivity contribution is 5.41. The van der Waals surface area contributed by atoms with Crippen LogP contribution in [0.5, 0.6) is 5.75 Å². The van der Waals surface area contributed by atoms with Gasteiger partial charge in [0.15, 0.2) is 0 Å². The number of hydrogen-bond acceptors (Lipinski definition) is 3. The topological polar surface area (TPSA) is 27.7 Å². The summed E-state index contributed by atoms with van der Waals surface area (Å²) in [7, 11) is 1.84. The van der Waals surface area contributed by atoms with E-state index in [2.05, 4.69) is 39.0 Å². The summed E-state index contributed by atoms with van der Waals surface area (Å²) >= 11 is 0. The van der Waals surface area contributed by atoms with Crippen molar-refractivity contribution in [3.63, 3.8) is 0 Å². The average molecular weight is 457 g/mol. The lowest BCUT2D eigenvalue weighted by Gasteiger charge is -2.54. The van der Waals surface area contributed by atoms with Gasteiger partial charge in [0.25, 0.3) is 0 Å². The van der Waals surface area contributed by atoms with Crippen molar-refractivity contribution in [2.24, 2.45) is 23.2 Å². The van der Waals surface area contributed by atoms with Crippen molar-refractivity contribution >= 4 is 0 Å². The van der Waals surface area contributed by atoms with Crippen LogP contribution in [0.15, 0.2) is 18.2 Å². The quantitative estimate of drug-likeness (QED) is 0.304. The summed E-state index contributed by atoms with van der Waals surface area (Å²) in [5.41, 5.74) is 3.53. The lowest BCUT2D eigenvalue weighted by molar-refractivity contribution is -0.0829. The second-order valence-corrected chi connectivity index (χ2v) is 11.3. The maximum Gasteiger partial charge on any atom is 0.119 e. The molecule has 0 saturated heterocycles. The molecular formula is C30H48O3. The molecule has 0 bridgehead atoms. The Morgan fingerprint density at radius 3 is 2.58 bits per heavy atom. The van der Waals surface area contributed by atoms with E-state index >= 15 is 0 Å². The Kier molecular flexibility index (Phi) is 8.79. The van der Waals surface area contributed by atoms with Crippen LogP contribution in [0.4, 0.5) is 0 Å². The minimum absolute atomic E-state index is 0.341. The monoisotopic (exact) mass is 456 g/mol. The fourth-order valence-corrected chi connectivity index (χ4v) is 7.66. The van der Waals surface area contributed by atoms with Crippen LogP contribution in [-0.4, -0.2) is 33.0 Å². The largest absolute Gasteiger partial charge is 0.494 e. The predicted octanol–water partition coefficient (Wildman–Crippen LogP) is 7.56. The molecule has 4 rings (SSSR count). The van der Waals surface area contributed by atoms with Crippen molar-refractivity contribution in [3.8, 4) is 5.75 Å². The number of aryl methyl sites for hydroxylation is 1. The Labute approximate surface area is 203 Å². The third-order valence-electron chi connectivity index (χ3n) is 9.24. The summed E-state index contributed by atoms with van der Waals surface area (Å²) in [6, 6.07) is 7.05. The van der Waals surface area contributed by atoms with E-state index in [1.807, 2.05) is 7.11 Å². The van der Waals surface area contributed by atoms with Crippen LogP contribution in [-0.2, 0) is 15.9 Å². The van der Waals surface area contributed by atoms with Gasteiger partial charge in [-0.25, -0.2) is 0 Å². The van der Waals surface area contributed by atoms with Crippen LogP contribution in [0.3, 0.4) is 0 Å². The number of rotatable bonds is 12. The summed E-state index contributed by atoms with van der Waals surface area (Å²) in [5, 5.41) is 0. The molecule has 3 heteroatoms. The lowest BCUT2D eigenvalue weighted by Crippen LogP contribution is -2.48. The second-order valence-electron chi connectivity index (χ2n) is 11.3. The summed E-state index contributed by atoms with van der Waals surface area (Å²) in [5.74, 6) is 4.11. The Bertz CT molecular complexity index is 746. The first kappa shape index (κ1) is 25.0. The van der Waals surface area contributed by atoms with Crippen LogP contribution in [0.25, 0.3) is 0 Å². The molecule has 3 aliphatic carbocycles. The second kappa shape index (κ2) is 11.6. The molecule has 0 heterocycles. The van der Waals surface area contributed by atoms with Crippen molar-refractivity contribution < 1.29 is 14.2 Å². The van der Waals surface area contributed by atoms with Crippen molar-refractivity contribution in [2.45, 2.75) is 103 Å². The Hall–Kier alpha value is -1.06. The van der Waals surface area contributed by atoms with Crippen LogP contribution in [0.1, 0.15) is 102 Å². The van der Waals surface area contributed by atoms with Gasteiger partial charge < -0.3 is 14.2 Å². The van der Waals surface area contributed by atoms with Crippen molar-refractivity contribution in [2.75, 3.05) is 26.9 Å². The van der Waals surface area contributed by atoms with Gasteiger partial charge in [-0.2, -0.15) is 0 Å². The van der Waals surface area contributed by atoms with Crippen LogP contribution in [0.2, 0.25) is 0 Å². The van der Waals surface area contributed by atoms with E-state index in [4.69, 9.17) is 14.2 Å². The first-order chi connectivity index (χ1) is 16.1. The molecule has 186 valence electrons. The Morgan fingerprint density at radius 1 is 0.970 bits per heavy atom. The van der Waals surface area contributed by atoms with Gasteiger partial charge in [0.2, 0.25) is 0 Å². The molecule has 3 aliphatic rings. The molecule has 6 atom stereocenters. The number of unbranched alkanes of at least 4 members (excludes halogenated alkanes) is 2. The van der Waals surface area contributed by atoms with Gasteiger partial charge in [-0.3, -0.25) is 0 Å². The van der Waals surface area contributed by atoms with E-state index in [1.54, 1.807) is 11.1 Å². The zero-order chi connectivity index (χ0) is 23.3. The van der Waals surface area contributed by atoms with Crippen molar-refractivity contribution in [1.29, 1.82) is 0 Å². The molecule has 1 aromatic carbocycles. The van der Waals surface area contributed by atoms with Crippen LogP contribution in [0, 0.1) is 23.2 Å². The van der Waals surface area contributed by atoms with Gasteiger partial charge in [0.05, 0.1) is 12.7 Å². The number of fused-ring (bicyclic) bond motifs is 5. The SMILES string of the molecule is CCCCOc1ccc2c(c1)CCC1C2[C@@H](CCCOC)CC2(C)C(OCCCC)CCC12.